The number of halogens is 1. The molecule has 0 saturated carbocycles. The van der Waals surface area contributed by atoms with Gasteiger partial charge in [-0.3, -0.25) is 10.1 Å². The fraction of sp³-hybridized carbons (Fsp3) is 0.105. The minimum atomic E-state index is -4.08. The van der Waals surface area contributed by atoms with Gasteiger partial charge in [-0.05, 0) is 24.3 Å². The van der Waals surface area contributed by atoms with Crippen LogP contribution in [0.15, 0.2) is 58.1 Å². The van der Waals surface area contributed by atoms with E-state index in [1.807, 2.05) is 29.0 Å². The van der Waals surface area contributed by atoms with Crippen LogP contribution in [-0.2, 0) is 14.8 Å². The van der Waals surface area contributed by atoms with Gasteiger partial charge in [0.1, 0.15) is 4.21 Å². The highest BCUT2D eigenvalue weighted by Gasteiger charge is 2.27. The van der Waals surface area contributed by atoms with Gasteiger partial charge >= 0.3 is 6.03 Å². The molecule has 0 spiro atoms. The molecule has 33 heavy (non-hydrogen) atoms. The van der Waals surface area contributed by atoms with Crippen molar-refractivity contribution in [2.45, 2.75) is 10.6 Å². The van der Waals surface area contributed by atoms with Crippen LogP contribution >= 0.6 is 22.9 Å². The topological polar surface area (TPSA) is 146 Å². The predicted octanol–water partition coefficient (Wildman–Crippen LogP) is 2.88. The Balaban J connectivity index is 1.44. The summed E-state index contributed by atoms with van der Waals surface area (Å²) in [6.07, 6.45) is 2.53. The van der Waals surface area contributed by atoms with Crippen molar-refractivity contribution in [2.24, 2.45) is 5.10 Å². The summed E-state index contributed by atoms with van der Waals surface area (Å²) in [7, 11) is -2.28. The Morgan fingerprint density at radius 2 is 2.00 bits per heavy atom. The lowest BCUT2D eigenvalue weighted by Crippen LogP contribution is -2.34. The molecule has 0 unspecified atom stereocenters. The lowest BCUT2D eigenvalue weighted by Gasteiger charge is -2.11. The molecule has 11 nitrogen and oxygen atoms in total. The second-order valence-corrected chi connectivity index (χ2v) is 10.3. The average molecular weight is 506 g/mol. The molecule has 0 atom stereocenters. The van der Waals surface area contributed by atoms with Gasteiger partial charge in [-0.15, -0.1) is 11.3 Å². The van der Waals surface area contributed by atoms with Crippen LogP contribution in [0.25, 0.3) is 0 Å². The molecule has 3 amide bonds. The number of carbonyl (C=O) groups is 2. The number of thiophene rings is 1. The fourth-order valence-corrected chi connectivity index (χ4v) is 5.26. The maximum atomic E-state index is 12.4. The smallest absolute Gasteiger partial charge is 0.334 e. The first kappa shape index (κ1) is 22.6. The van der Waals surface area contributed by atoms with E-state index < -0.39 is 16.1 Å². The van der Waals surface area contributed by atoms with E-state index in [1.165, 1.54) is 24.5 Å². The van der Waals surface area contributed by atoms with Gasteiger partial charge in [0.2, 0.25) is 0 Å². The Kier molecular flexibility index (Phi) is 6.26. The Morgan fingerprint density at radius 3 is 2.67 bits per heavy atom. The highest BCUT2D eigenvalue weighted by molar-refractivity contribution is 7.92. The summed E-state index contributed by atoms with van der Waals surface area (Å²) in [5.41, 5.74) is 2.27. The molecular formula is C19H16ClN7O4S2. The summed E-state index contributed by atoms with van der Waals surface area (Å²) in [5, 5.41) is 10.8. The summed E-state index contributed by atoms with van der Waals surface area (Å²) in [6.45, 7) is 0. The summed E-state index contributed by atoms with van der Waals surface area (Å²) >= 11 is 6.55. The van der Waals surface area contributed by atoms with Gasteiger partial charge in [-0.25, -0.2) is 27.9 Å². The monoisotopic (exact) mass is 505 g/mol. The Bertz CT molecular complexity index is 1360. The van der Waals surface area contributed by atoms with Crippen LogP contribution in [0.4, 0.5) is 22.1 Å². The molecule has 3 heterocycles. The van der Waals surface area contributed by atoms with E-state index in [0.29, 0.717) is 5.71 Å². The number of nitrogens with zero attached hydrogens (tertiary/aromatic N) is 4. The molecule has 4 rings (SSSR count). The van der Waals surface area contributed by atoms with Crippen LogP contribution in [0, 0.1) is 0 Å². The first-order valence-electron chi connectivity index (χ1n) is 9.35. The van der Waals surface area contributed by atoms with Crippen molar-refractivity contribution in [1.29, 1.82) is 0 Å². The van der Waals surface area contributed by atoms with Gasteiger partial charge in [0.05, 0.1) is 28.9 Å². The van der Waals surface area contributed by atoms with E-state index in [2.05, 4.69) is 25.7 Å². The number of carbonyl (C=O) groups excluding carboxylic acids is 2. The highest BCUT2D eigenvalue weighted by atomic mass is 35.5. The minimum absolute atomic E-state index is 0.0202. The number of aromatic nitrogens is 2. The molecule has 0 bridgehead atoms. The molecule has 14 heteroatoms. The summed E-state index contributed by atoms with van der Waals surface area (Å²) in [6, 6.07) is 9.16. The largest absolute Gasteiger partial charge is 0.388 e. The first-order chi connectivity index (χ1) is 15.7. The molecule has 0 aliphatic carbocycles. The number of sulfonamides is 1. The van der Waals surface area contributed by atoms with Crippen LogP contribution in [0.2, 0.25) is 4.34 Å². The van der Waals surface area contributed by atoms with Crippen molar-refractivity contribution >= 4 is 67.9 Å². The number of nitrogens with one attached hydrogen (secondary N) is 3. The van der Waals surface area contributed by atoms with Gasteiger partial charge < -0.3 is 5.32 Å². The number of anilines is 3. The first-order valence-corrected chi connectivity index (χ1v) is 12.0. The predicted molar refractivity (Wildman–Crippen MR) is 125 cm³/mol. The Morgan fingerprint density at radius 1 is 1.18 bits per heavy atom. The zero-order chi connectivity index (χ0) is 23.6. The highest BCUT2D eigenvalue weighted by Crippen LogP contribution is 2.25. The molecule has 1 aliphatic heterocycles. The van der Waals surface area contributed by atoms with Crippen LogP contribution in [-0.4, -0.2) is 43.1 Å². The van der Waals surface area contributed by atoms with E-state index in [1.54, 1.807) is 7.05 Å². The number of benzene rings is 1. The normalized spacial score (nSPS) is 13.6. The van der Waals surface area contributed by atoms with Gasteiger partial charge in [0.15, 0.2) is 11.6 Å². The maximum absolute atomic E-state index is 12.4. The van der Waals surface area contributed by atoms with E-state index in [9.17, 15) is 18.0 Å². The number of amides is 3. The third kappa shape index (κ3) is 5.10. The summed E-state index contributed by atoms with van der Waals surface area (Å²) in [4.78, 5) is 32.6. The second-order valence-electron chi connectivity index (χ2n) is 6.64. The number of hydrogen-bond acceptors (Lipinski definition) is 9. The van der Waals surface area contributed by atoms with Crippen molar-refractivity contribution < 1.29 is 18.0 Å². The summed E-state index contributed by atoms with van der Waals surface area (Å²) in [5.74, 6) is -0.145. The van der Waals surface area contributed by atoms with Crippen LogP contribution in [0.5, 0.6) is 0 Å². The van der Waals surface area contributed by atoms with Crippen molar-refractivity contribution in [1.82, 2.24) is 14.7 Å². The van der Waals surface area contributed by atoms with Crippen molar-refractivity contribution in [2.75, 3.05) is 22.7 Å². The number of urea groups is 1. The fourth-order valence-electron chi connectivity index (χ4n) is 2.87. The second kappa shape index (κ2) is 9.13. The van der Waals surface area contributed by atoms with Gasteiger partial charge in [0, 0.05) is 18.3 Å². The van der Waals surface area contributed by atoms with Crippen LogP contribution in [0.3, 0.4) is 0 Å². The zero-order valence-electron chi connectivity index (χ0n) is 16.9. The molecule has 2 aromatic heterocycles. The standard InChI is InChI=1S/C19H16ClN7O4S2/c1-21-12-4-2-3-11(7-12)13-8-17(28)27(25-13)16-10-22-15(9-23-16)24-19(29)26-33(30,31)18-6-5-14(20)32-18/h2-7,9-10,21H,8H2,1H3,(H2,22,24,26,29). The summed E-state index contributed by atoms with van der Waals surface area (Å²) < 4.78 is 26.4. The number of hydrogen-bond donors (Lipinski definition) is 3. The SMILES string of the molecule is CNc1cccc(C2=NN(c3cnc(NC(=O)NS(=O)(=O)c4ccc(Cl)s4)cn3)C(=O)C2)c1. The van der Waals surface area contributed by atoms with Crippen molar-refractivity contribution in [3.63, 3.8) is 0 Å². The zero-order valence-corrected chi connectivity index (χ0v) is 19.3. The maximum Gasteiger partial charge on any atom is 0.334 e. The molecule has 0 fully saturated rings. The lowest BCUT2D eigenvalue weighted by molar-refractivity contribution is -0.116. The van der Waals surface area contributed by atoms with E-state index in [4.69, 9.17) is 11.6 Å². The van der Waals surface area contributed by atoms with E-state index in [0.717, 1.165) is 27.6 Å². The van der Waals surface area contributed by atoms with Crippen molar-refractivity contribution in [3.05, 3.63) is 58.7 Å². The minimum Gasteiger partial charge on any atom is -0.388 e. The Labute approximate surface area is 197 Å². The molecule has 3 N–H and O–H groups in total. The molecular weight excluding hydrogens is 490 g/mol. The van der Waals surface area contributed by atoms with Gasteiger partial charge in [-0.2, -0.15) is 10.1 Å². The van der Waals surface area contributed by atoms with Crippen LogP contribution in [0.1, 0.15) is 12.0 Å². The Hall–Kier alpha value is -3.55. The third-order valence-electron chi connectivity index (χ3n) is 4.40. The number of hydrazone groups is 1. The van der Waals surface area contributed by atoms with E-state index >= 15 is 0 Å². The van der Waals surface area contributed by atoms with Gasteiger partial charge in [-0.1, -0.05) is 23.7 Å². The van der Waals surface area contributed by atoms with E-state index in [-0.39, 0.29) is 32.5 Å². The molecule has 3 aromatic rings. The molecule has 1 aromatic carbocycles. The van der Waals surface area contributed by atoms with Gasteiger partial charge in [0.25, 0.3) is 15.9 Å². The van der Waals surface area contributed by atoms with Crippen LogP contribution < -0.4 is 20.4 Å². The quantitative estimate of drug-likeness (QED) is 0.466. The lowest BCUT2D eigenvalue weighted by atomic mass is 10.1. The molecule has 170 valence electrons. The molecule has 0 radical (unpaired) electrons. The van der Waals surface area contributed by atoms with Crippen molar-refractivity contribution in [3.8, 4) is 0 Å². The molecule has 0 saturated heterocycles. The number of rotatable bonds is 6. The average Bonchev–Trinajstić information content (AvgIpc) is 3.40. The third-order valence-corrected chi connectivity index (χ3v) is 7.45. The molecule has 1 aliphatic rings.